The third-order valence-electron chi connectivity index (χ3n) is 25.1. The highest BCUT2D eigenvalue weighted by Gasteiger charge is 2.34. The van der Waals surface area contributed by atoms with E-state index in [-0.39, 0.29) is 33.2 Å². The van der Waals surface area contributed by atoms with Crippen LogP contribution in [-0.4, -0.2) is 11.6 Å². The molecule has 6 aliphatic rings. The first kappa shape index (κ1) is 105. The Kier molecular flexibility index (Phi) is 44.6. The van der Waals surface area contributed by atoms with Crippen LogP contribution in [0.4, 0.5) is 0 Å². The van der Waals surface area contributed by atoms with Crippen molar-refractivity contribution in [1.82, 2.24) is 0 Å². The van der Waals surface area contributed by atoms with Gasteiger partial charge in [0.1, 0.15) is 0 Å². The van der Waals surface area contributed by atoms with Gasteiger partial charge in [0, 0.05) is 12.8 Å². The maximum Gasteiger partial charge on any atom is 0.158 e. The van der Waals surface area contributed by atoms with Crippen LogP contribution >= 0.6 is 0 Å². The topological polar surface area (TPSA) is 34.1 Å². The zero-order valence-electron chi connectivity index (χ0n) is 82.4. The van der Waals surface area contributed by atoms with Gasteiger partial charge in [0.05, 0.1) is 0 Å². The summed E-state index contributed by atoms with van der Waals surface area (Å²) in [5, 5.41) is 0. The van der Waals surface area contributed by atoms with Gasteiger partial charge in [-0.05, 0) is 292 Å². The van der Waals surface area contributed by atoms with E-state index < -0.39 is 0 Å². The first-order valence-electron chi connectivity index (χ1n) is 45.8. The van der Waals surface area contributed by atoms with Crippen LogP contribution in [-0.2, 0) is 9.59 Å². The molecule has 0 atom stereocenters. The van der Waals surface area contributed by atoms with Gasteiger partial charge < -0.3 is 0 Å². The first-order valence-corrected chi connectivity index (χ1v) is 45.8. The molecule has 0 bridgehead atoms. The largest absolute Gasteiger partial charge is 0.295 e. The third kappa shape index (κ3) is 38.7. The quantitative estimate of drug-likeness (QED) is 0.0672. The highest BCUT2D eigenvalue weighted by molar-refractivity contribution is 5.98. The number of carbonyl (C=O) groups excluding carboxylic acids is 2. The number of hydrogen-bond acceptors (Lipinski definition) is 2. The predicted octanol–water partition coefficient (Wildman–Crippen LogP) is 36.2. The molecule has 0 fully saturated rings. The van der Waals surface area contributed by atoms with Crippen LogP contribution < -0.4 is 0 Å². The molecule has 6 aliphatic carbocycles. The molecule has 0 saturated heterocycles. The summed E-state index contributed by atoms with van der Waals surface area (Å²) < 4.78 is 0. The summed E-state index contributed by atoms with van der Waals surface area (Å²) in [6.45, 7) is 66.5. The molecule has 0 radical (unpaired) electrons. The molecule has 0 spiro atoms. The SMILES string of the molecule is CC1=C(/C=C/C(C)=C/C=C/C(C)=C/C=C/C=C(C)/C=C/C=C(C)/C=C/C2=C(C)C(=O)CCC2(C)C)C(C)(C)CCC1.CC1=C(/C=C/C(C)=C/C=C/C(C)=C/C=C/C=C(C)/C=C/C=C(C)/C=C/C2=C(C)C(=O)CCC2(C)C)C(C)(C)CCC1.CC1=C(/C=C/C(C)=C/C=C/C(C)=C/C=C/C=C(C)/C=C/C=C(C)/C=C/C2=C(C)CCCC2(C)C)C(C)(C)CCC1. The van der Waals surface area contributed by atoms with Gasteiger partial charge in [0.25, 0.3) is 0 Å². The van der Waals surface area contributed by atoms with Crippen molar-refractivity contribution in [3.8, 4) is 0 Å². The van der Waals surface area contributed by atoms with Crippen molar-refractivity contribution in [1.29, 1.82) is 0 Å². The van der Waals surface area contributed by atoms with Crippen molar-refractivity contribution in [3.05, 3.63) is 389 Å². The van der Waals surface area contributed by atoms with Crippen molar-refractivity contribution >= 4 is 11.6 Å². The van der Waals surface area contributed by atoms with Gasteiger partial charge in [-0.1, -0.05) is 427 Å². The van der Waals surface area contributed by atoms with Gasteiger partial charge in [0.15, 0.2) is 11.6 Å². The fraction of sp³-hybridized carbons (Fsp3) is 0.433. The van der Waals surface area contributed by atoms with E-state index in [4.69, 9.17) is 0 Å². The number of rotatable bonds is 30. The van der Waals surface area contributed by atoms with Gasteiger partial charge in [-0.15, -0.1) is 0 Å². The van der Waals surface area contributed by atoms with E-state index in [0.717, 1.165) is 35.1 Å². The van der Waals surface area contributed by atoms with Crippen LogP contribution in [0.1, 0.15) is 310 Å². The summed E-state index contributed by atoms with van der Waals surface area (Å²) in [4.78, 5) is 24.3. The zero-order valence-corrected chi connectivity index (χ0v) is 82.4. The standard InChI is InChI=1S/2C40H54O.C40H56/c2*1-30(18-13-20-32(3)23-25-36-34(5)22-15-28-39(36,7)8)16-11-12-17-31(2)19-14-21-33(4)24-26-37-35(6)38(41)27-29-40(37,9)10;1-31(19-13-21-33(3)25-27-37-35(5)23-15-29-39(37,7)8)17-11-12-18-32(2)20-14-22-34(4)26-28-38-36(6)24-16-30-40(38,9)10/h2*11-14,16-21,23-26H,15,22,27-29H2,1-10H3;11-14,17-22,25-28H,15-16,23-24,29-30H2,1-10H3/b2*12-11+,18-13+,19-14+,25-23+,26-24+,30-16+,31-17+,32-20+,33-21+;12-11+,19-13+,20-14+,27-25+,28-26+,31-17+,32-18+,33-21+,34-22+. The lowest BCUT2D eigenvalue weighted by molar-refractivity contribution is -0.117. The van der Waals surface area contributed by atoms with Gasteiger partial charge in [-0.25, -0.2) is 0 Å². The Hall–Kier alpha value is -9.24. The maximum absolute atomic E-state index is 12.2. The number of hydrogen-bond donors (Lipinski definition) is 0. The molecular formula is C120H164O2. The Bertz CT molecular complexity index is 4460. The van der Waals surface area contributed by atoms with Crippen LogP contribution in [0.25, 0.3) is 0 Å². The average molecular weight is 1640 g/mol. The fourth-order valence-electron chi connectivity index (χ4n) is 16.9. The first-order chi connectivity index (χ1) is 57.3. The lowest BCUT2D eigenvalue weighted by Gasteiger charge is -2.33. The summed E-state index contributed by atoms with van der Waals surface area (Å²) in [5.74, 6) is 0.560. The van der Waals surface area contributed by atoms with E-state index in [2.05, 4.69) is 449 Å². The molecule has 0 aromatic heterocycles. The van der Waals surface area contributed by atoms with Crippen LogP contribution in [0.2, 0.25) is 0 Å². The molecule has 0 unspecified atom stereocenters. The fourth-order valence-corrected chi connectivity index (χ4v) is 16.9. The summed E-state index contributed by atoms with van der Waals surface area (Å²) >= 11 is 0. The molecule has 6 rings (SSSR count). The van der Waals surface area contributed by atoms with Crippen molar-refractivity contribution in [3.63, 3.8) is 0 Å². The molecule has 0 aromatic rings. The lowest BCUT2D eigenvalue weighted by atomic mass is 9.72. The van der Waals surface area contributed by atoms with E-state index in [1.54, 1.807) is 11.1 Å². The van der Waals surface area contributed by atoms with Crippen molar-refractivity contribution < 1.29 is 9.59 Å². The minimum atomic E-state index is 0.0507. The highest BCUT2D eigenvalue weighted by atomic mass is 16.1. The Morgan fingerprint density at radius 1 is 0.197 bits per heavy atom. The molecule has 0 heterocycles. The number of ketones is 2. The monoisotopic (exact) mass is 1640 g/mol. The number of carbonyl (C=O) groups is 2. The molecule has 2 nitrogen and oxygen atoms in total. The van der Waals surface area contributed by atoms with Crippen LogP contribution in [0.15, 0.2) is 389 Å². The minimum absolute atomic E-state index is 0.0507. The smallest absolute Gasteiger partial charge is 0.158 e. The third-order valence-corrected chi connectivity index (χ3v) is 25.1. The second kappa shape index (κ2) is 51.8. The second-order valence-electron chi connectivity index (χ2n) is 39.7. The molecule has 0 aromatic carbocycles. The Morgan fingerprint density at radius 3 is 0.516 bits per heavy atom. The summed E-state index contributed by atoms with van der Waals surface area (Å²) in [6, 6.07) is 0. The van der Waals surface area contributed by atoms with Crippen molar-refractivity contribution in [2.24, 2.45) is 32.5 Å². The molecule has 0 aliphatic heterocycles. The van der Waals surface area contributed by atoms with E-state index >= 15 is 0 Å². The van der Waals surface area contributed by atoms with Gasteiger partial charge in [-0.3, -0.25) is 9.59 Å². The highest BCUT2D eigenvalue weighted by Crippen LogP contribution is 2.46. The minimum Gasteiger partial charge on any atom is -0.295 e. The van der Waals surface area contributed by atoms with Gasteiger partial charge >= 0.3 is 0 Å². The Balaban J connectivity index is 0.000000384. The van der Waals surface area contributed by atoms with Crippen LogP contribution in [0.5, 0.6) is 0 Å². The molecule has 0 N–H and O–H groups in total. The molecule has 122 heavy (non-hydrogen) atoms. The Labute approximate surface area is 748 Å². The molecule has 0 saturated carbocycles. The van der Waals surface area contributed by atoms with E-state index in [1.807, 2.05) is 13.8 Å². The Morgan fingerprint density at radius 2 is 0.344 bits per heavy atom. The van der Waals surface area contributed by atoms with Crippen molar-refractivity contribution in [2.75, 3.05) is 0 Å². The molecule has 2 heteroatoms. The molecule has 656 valence electrons. The van der Waals surface area contributed by atoms with Gasteiger partial charge in [0.2, 0.25) is 0 Å². The number of Topliss-reactive ketones (excluding diaryl/α,β-unsaturated/α-hetero) is 2. The van der Waals surface area contributed by atoms with Crippen LogP contribution in [0, 0.1) is 32.5 Å². The normalized spacial score (nSPS) is 21.8. The van der Waals surface area contributed by atoms with E-state index in [0.29, 0.717) is 23.7 Å². The molecule has 0 amide bonds. The number of allylic oxidation sites excluding steroid dienone is 66. The van der Waals surface area contributed by atoms with Crippen molar-refractivity contribution in [2.45, 2.75) is 310 Å². The summed E-state index contributed by atoms with van der Waals surface area (Å²) in [5.41, 5.74) is 32.3. The maximum atomic E-state index is 12.2. The predicted molar refractivity (Wildman–Crippen MR) is 545 cm³/mol. The van der Waals surface area contributed by atoms with E-state index in [9.17, 15) is 9.59 Å². The summed E-state index contributed by atoms with van der Waals surface area (Å²) in [6.07, 6.45) is 109. The second-order valence-corrected chi connectivity index (χ2v) is 39.7. The van der Waals surface area contributed by atoms with Gasteiger partial charge in [-0.2, -0.15) is 0 Å². The molecular weight excluding hydrogens is 1470 g/mol. The van der Waals surface area contributed by atoms with Crippen LogP contribution in [0.3, 0.4) is 0 Å². The zero-order chi connectivity index (χ0) is 91.0. The summed E-state index contributed by atoms with van der Waals surface area (Å²) in [7, 11) is 0. The van der Waals surface area contributed by atoms with E-state index in [1.165, 1.54) is 177 Å². The average Bonchev–Trinajstić information content (AvgIpc) is 0.813. The lowest BCUT2D eigenvalue weighted by Crippen LogP contribution is -2.24.